The monoisotopic (exact) mass is 301 g/mol. The van der Waals surface area contributed by atoms with Gasteiger partial charge in [0.05, 0.1) is 0 Å². The van der Waals surface area contributed by atoms with E-state index >= 15 is 0 Å². The zero-order valence-corrected chi connectivity index (χ0v) is 13.2. The SMILES string of the molecule is Cc1ccc(C)c(NC(=O)CCCc2ccc(Cl)cc2)c1. The Balaban J connectivity index is 1.82. The molecule has 0 atom stereocenters. The molecule has 0 bridgehead atoms. The van der Waals surface area contributed by atoms with E-state index in [0.717, 1.165) is 34.7 Å². The highest BCUT2D eigenvalue weighted by Gasteiger charge is 2.05. The Hall–Kier alpha value is -1.80. The Morgan fingerprint density at radius 2 is 1.81 bits per heavy atom. The third kappa shape index (κ3) is 4.91. The van der Waals surface area contributed by atoms with Gasteiger partial charge in [0.25, 0.3) is 0 Å². The third-order valence-electron chi connectivity index (χ3n) is 3.45. The third-order valence-corrected chi connectivity index (χ3v) is 3.70. The van der Waals surface area contributed by atoms with E-state index in [1.807, 2.05) is 56.3 Å². The van der Waals surface area contributed by atoms with Crippen LogP contribution in [0.15, 0.2) is 42.5 Å². The van der Waals surface area contributed by atoms with E-state index in [1.165, 1.54) is 5.56 Å². The molecule has 2 aromatic rings. The standard InChI is InChI=1S/C18H20ClNO/c1-13-6-7-14(2)17(12-13)20-18(21)5-3-4-15-8-10-16(19)11-9-15/h6-12H,3-5H2,1-2H3,(H,20,21). The molecule has 0 saturated carbocycles. The summed E-state index contributed by atoms with van der Waals surface area (Å²) >= 11 is 5.85. The molecule has 1 N–H and O–H groups in total. The number of carbonyl (C=O) groups is 1. The molecule has 2 rings (SSSR count). The molecule has 110 valence electrons. The number of hydrogen-bond donors (Lipinski definition) is 1. The van der Waals surface area contributed by atoms with Gasteiger partial charge in [-0.05, 0) is 61.6 Å². The fourth-order valence-corrected chi connectivity index (χ4v) is 2.31. The molecule has 2 nitrogen and oxygen atoms in total. The summed E-state index contributed by atoms with van der Waals surface area (Å²) in [6.07, 6.45) is 2.24. The van der Waals surface area contributed by atoms with Crippen molar-refractivity contribution in [3.8, 4) is 0 Å². The molecule has 3 heteroatoms. The van der Waals surface area contributed by atoms with Gasteiger partial charge in [0, 0.05) is 17.1 Å². The van der Waals surface area contributed by atoms with Crippen LogP contribution in [-0.4, -0.2) is 5.91 Å². The van der Waals surface area contributed by atoms with Crippen molar-refractivity contribution < 1.29 is 4.79 Å². The van der Waals surface area contributed by atoms with Crippen LogP contribution < -0.4 is 5.32 Å². The summed E-state index contributed by atoms with van der Waals surface area (Å²) in [5, 5.41) is 3.73. The van der Waals surface area contributed by atoms with Gasteiger partial charge < -0.3 is 5.32 Å². The molecule has 1 amide bonds. The molecule has 0 fully saturated rings. The van der Waals surface area contributed by atoms with E-state index in [9.17, 15) is 4.79 Å². The number of anilines is 1. The van der Waals surface area contributed by atoms with Crippen LogP contribution >= 0.6 is 11.6 Å². The second-order valence-electron chi connectivity index (χ2n) is 5.35. The topological polar surface area (TPSA) is 29.1 Å². The van der Waals surface area contributed by atoms with Crippen LogP contribution in [0.25, 0.3) is 0 Å². The van der Waals surface area contributed by atoms with Crippen LogP contribution in [-0.2, 0) is 11.2 Å². The Bertz CT molecular complexity index is 620. The highest BCUT2D eigenvalue weighted by Crippen LogP contribution is 2.17. The molecule has 0 radical (unpaired) electrons. The second-order valence-corrected chi connectivity index (χ2v) is 5.78. The first-order valence-corrected chi connectivity index (χ1v) is 7.54. The average Bonchev–Trinajstić information content (AvgIpc) is 2.45. The first-order chi connectivity index (χ1) is 10.0. The lowest BCUT2D eigenvalue weighted by molar-refractivity contribution is -0.116. The maximum Gasteiger partial charge on any atom is 0.224 e. The van der Waals surface area contributed by atoms with Gasteiger partial charge in [-0.3, -0.25) is 4.79 Å². The molecule has 0 aromatic heterocycles. The van der Waals surface area contributed by atoms with Gasteiger partial charge in [-0.25, -0.2) is 0 Å². The van der Waals surface area contributed by atoms with Gasteiger partial charge >= 0.3 is 0 Å². The van der Waals surface area contributed by atoms with Gasteiger partial charge in [-0.1, -0.05) is 35.9 Å². The van der Waals surface area contributed by atoms with E-state index in [0.29, 0.717) is 6.42 Å². The van der Waals surface area contributed by atoms with Gasteiger partial charge in [-0.2, -0.15) is 0 Å². The Morgan fingerprint density at radius 1 is 1.10 bits per heavy atom. The average molecular weight is 302 g/mol. The molecule has 0 saturated heterocycles. The summed E-state index contributed by atoms with van der Waals surface area (Å²) in [5.74, 6) is 0.0673. The molecule has 0 spiro atoms. The lowest BCUT2D eigenvalue weighted by atomic mass is 10.1. The molecule has 0 aliphatic rings. The van der Waals surface area contributed by atoms with E-state index in [-0.39, 0.29) is 5.91 Å². The number of hydrogen-bond acceptors (Lipinski definition) is 1. The summed E-state index contributed by atoms with van der Waals surface area (Å²) < 4.78 is 0. The van der Waals surface area contributed by atoms with Crippen molar-refractivity contribution in [1.29, 1.82) is 0 Å². The van der Waals surface area contributed by atoms with Gasteiger partial charge in [0.15, 0.2) is 0 Å². The maximum atomic E-state index is 12.0. The number of carbonyl (C=O) groups excluding carboxylic acids is 1. The Kier molecular flexibility index (Phi) is 5.40. The summed E-state index contributed by atoms with van der Waals surface area (Å²) in [7, 11) is 0. The van der Waals surface area contributed by atoms with E-state index in [1.54, 1.807) is 0 Å². The van der Waals surface area contributed by atoms with E-state index < -0.39 is 0 Å². The minimum absolute atomic E-state index is 0.0673. The quantitative estimate of drug-likeness (QED) is 0.834. The number of nitrogens with one attached hydrogen (secondary N) is 1. The Morgan fingerprint density at radius 3 is 2.52 bits per heavy atom. The van der Waals surface area contributed by atoms with Crippen molar-refractivity contribution in [1.82, 2.24) is 0 Å². The zero-order valence-electron chi connectivity index (χ0n) is 12.4. The molecule has 0 aliphatic heterocycles. The first-order valence-electron chi connectivity index (χ1n) is 7.16. The highest BCUT2D eigenvalue weighted by atomic mass is 35.5. The van der Waals surface area contributed by atoms with Crippen LogP contribution in [0, 0.1) is 13.8 Å². The van der Waals surface area contributed by atoms with E-state index in [2.05, 4.69) is 5.32 Å². The number of amides is 1. The predicted molar refractivity (Wildman–Crippen MR) is 88.9 cm³/mol. The van der Waals surface area contributed by atoms with Crippen LogP contribution in [0.5, 0.6) is 0 Å². The fraction of sp³-hybridized carbons (Fsp3) is 0.278. The summed E-state index contributed by atoms with van der Waals surface area (Å²) in [5.41, 5.74) is 4.36. The second kappa shape index (κ2) is 7.28. The van der Waals surface area contributed by atoms with Crippen molar-refractivity contribution in [2.45, 2.75) is 33.1 Å². The molecule has 2 aromatic carbocycles. The van der Waals surface area contributed by atoms with Crippen LogP contribution in [0.4, 0.5) is 5.69 Å². The first kappa shape index (κ1) is 15.6. The highest BCUT2D eigenvalue weighted by molar-refractivity contribution is 6.30. The molecule has 0 aliphatic carbocycles. The van der Waals surface area contributed by atoms with Crippen molar-refractivity contribution in [2.24, 2.45) is 0 Å². The van der Waals surface area contributed by atoms with Crippen molar-refractivity contribution in [2.75, 3.05) is 5.32 Å². The molecule has 0 unspecified atom stereocenters. The molecular weight excluding hydrogens is 282 g/mol. The fourth-order valence-electron chi connectivity index (χ4n) is 2.19. The summed E-state index contributed by atoms with van der Waals surface area (Å²) in [6.45, 7) is 4.03. The van der Waals surface area contributed by atoms with Gasteiger partial charge in [0.2, 0.25) is 5.91 Å². The predicted octanol–water partition coefficient (Wildman–Crippen LogP) is 4.92. The normalized spacial score (nSPS) is 10.4. The van der Waals surface area contributed by atoms with Crippen LogP contribution in [0.3, 0.4) is 0 Å². The number of aryl methyl sites for hydroxylation is 3. The van der Waals surface area contributed by atoms with Crippen molar-refractivity contribution in [3.05, 3.63) is 64.2 Å². The molecule has 0 heterocycles. The summed E-state index contributed by atoms with van der Waals surface area (Å²) in [4.78, 5) is 12.0. The minimum atomic E-state index is 0.0673. The number of halogens is 1. The van der Waals surface area contributed by atoms with Crippen LogP contribution in [0.1, 0.15) is 29.5 Å². The Labute approximate surface area is 131 Å². The van der Waals surface area contributed by atoms with Gasteiger partial charge in [-0.15, -0.1) is 0 Å². The number of rotatable bonds is 5. The van der Waals surface area contributed by atoms with Crippen LogP contribution in [0.2, 0.25) is 5.02 Å². The number of benzene rings is 2. The smallest absolute Gasteiger partial charge is 0.224 e. The lowest BCUT2D eigenvalue weighted by Crippen LogP contribution is -2.12. The molecular formula is C18H20ClNO. The summed E-state index contributed by atoms with van der Waals surface area (Å²) in [6, 6.07) is 13.9. The lowest BCUT2D eigenvalue weighted by Gasteiger charge is -2.09. The maximum absolute atomic E-state index is 12.0. The van der Waals surface area contributed by atoms with Gasteiger partial charge in [0.1, 0.15) is 0 Å². The largest absolute Gasteiger partial charge is 0.326 e. The van der Waals surface area contributed by atoms with Crippen molar-refractivity contribution >= 4 is 23.2 Å². The van der Waals surface area contributed by atoms with E-state index in [4.69, 9.17) is 11.6 Å². The zero-order chi connectivity index (χ0) is 15.2. The minimum Gasteiger partial charge on any atom is -0.326 e. The van der Waals surface area contributed by atoms with Crippen molar-refractivity contribution in [3.63, 3.8) is 0 Å². The molecule has 21 heavy (non-hydrogen) atoms.